The minimum atomic E-state index is 0.533. The summed E-state index contributed by atoms with van der Waals surface area (Å²) in [7, 11) is 0. The summed E-state index contributed by atoms with van der Waals surface area (Å²) >= 11 is 0. The molecule has 0 amide bonds. The Labute approximate surface area is 107 Å². The monoisotopic (exact) mass is 245 g/mol. The van der Waals surface area contributed by atoms with Crippen LogP contribution in [0.3, 0.4) is 0 Å². The molecular formula is C14H19N3O. The number of aromatic nitrogens is 2. The van der Waals surface area contributed by atoms with Gasteiger partial charge in [0.05, 0.1) is 6.54 Å². The predicted molar refractivity (Wildman–Crippen MR) is 71.2 cm³/mol. The Bertz CT molecular complexity index is 488. The summed E-state index contributed by atoms with van der Waals surface area (Å²) in [6.45, 7) is 7.91. The molecule has 0 atom stereocenters. The topological polar surface area (TPSA) is 51.0 Å². The Morgan fingerprint density at radius 1 is 1.17 bits per heavy atom. The fourth-order valence-electron chi connectivity index (χ4n) is 1.68. The van der Waals surface area contributed by atoms with Gasteiger partial charge in [0.15, 0.2) is 0 Å². The minimum Gasteiger partial charge on any atom is -0.419 e. The maximum absolute atomic E-state index is 5.59. The fraction of sp³-hybridized carbons (Fsp3) is 0.429. The van der Waals surface area contributed by atoms with Crippen LogP contribution in [0, 0.1) is 0 Å². The quantitative estimate of drug-likeness (QED) is 0.879. The molecule has 1 aromatic heterocycles. The first kappa shape index (κ1) is 12.8. The van der Waals surface area contributed by atoms with Crippen LogP contribution in [0.2, 0.25) is 0 Å². The Morgan fingerprint density at radius 2 is 1.89 bits per heavy atom. The Kier molecular flexibility index (Phi) is 4.10. The Morgan fingerprint density at radius 3 is 2.50 bits per heavy atom. The van der Waals surface area contributed by atoms with Crippen LogP contribution in [-0.2, 0) is 6.54 Å². The van der Waals surface area contributed by atoms with E-state index in [-0.39, 0.29) is 0 Å². The van der Waals surface area contributed by atoms with Crippen LogP contribution in [0.1, 0.15) is 38.1 Å². The van der Waals surface area contributed by atoms with Gasteiger partial charge in [-0.05, 0) is 30.2 Å². The lowest BCUT2D eigenvalue weighted by molar-refractivity contribution is 0.482. The Balaban J connectivity index is 2.13. The molecule has 0 unspecified atom stereocenters. The van der Waals surface area contributed by atoms with E-state index in [0.29, 0.717) is 24.2 Å². The van der Waals surface area contributed by atoms with E-state index in [0.717, 1.165) is 12.1 Å². The van der Waals surface area contributed by atoms with Crippen molar-refractivity contribution in [1.29, 1.82) is 0 Å². The van der Waals surface area contributed by atoms with Crippen molar-refractivity contribution in [3.63, 3.8) is 0 Å². The summed E-state index contributed by atoms with van der Waals surface area (Å²) < 4.78 is 5.59. The third-order valence-electron chi connectivity index (χ3n) is 2.82. The van der Waals surface area contributed by atoms with Crippen LogP contribution < -0.4 is 5.32 Å². The zero-order chi connectivity index (χ0) is 13.0. The molecule has 4 nitrogen and oxygen atoms in total. The van der Waals surface area contributed by atoms with E-state index < -0.39 is 0 Å². The molecule has 4 heteroatoms. The van der Waals surface area contributed by atoms with Crippen molar-refractivity contribution < 1.29 is 4.42 Å². The smallest absolute Gasteiger partial charge is 0.247 e. The van der Waals surface area contributed by atoms with Gasteiger partial charge in [0.25, 0.3) is 0 Å². The van der Waals surface area contributed by atoms with Crippen molar-refractivity contribution in [3.05, 3.63) is 35.7 Å². The second-order valence-electron chi connectivity index (χ2n) is 4.56. The zero-order valence-electron chi connectivity index (χ0n) is 11.1. The number of hydrogen-bond donors (Lipinski definition) is 1. The summed E-state index contributed by atoms with van der Waals surface area (Å²) in [5.74, 6) is 1.74. The number of hydrogen-bond acceptors (Lipinski definition) is 4. The number of nitrogens with one attached hydrogen (secondary N) is 1. The van der Waals surface area contributed by atoms with Crippen molar-refractivity contribution in [2.24, 2.45) is 0 Å². The molecule has 2 rings (SSSR count). The van der Waals surface area contributed by atoms with Gasteiger partial charge < -0.3 is 9.73 Å². The third kappa shape index (κ3) is 2.96. The lowest BCUT2D eigenvalue weighted by Crippen LogP contribution is -2.11. The van der Waals surface area contributed by atoms with Gasteiger partial charge in [0, 0.05) is 5.56 Å². The predicted octanol–water partition coefficient (Wildman–Crippen LogP) is 2.97. The normalized spacial score (nSPS) is 11.1. The molecule has 0 saturated heterocycles. The lowest BCUT2D eigenvalue weighted by atomic mass is 10.0. The average Bonchev–Trinajstić information content (AvgIpc) is 2.85. The first-order valence-corrected chi connectivity index (χ1v) is 6.34. The van der Waals surface area contributed by atoms with Gasteiger partial charge >= 0.3 is 0 Å². The molecule has 2 aromatic rings. The molecule has 1 N–H and O–H groups in total. The summed E-state index contributed by atoms with van der Waals surface area (Å²) in [5, 5.41) is 11.2. The van der Waals surface area contributed by atoms with Crippen LogP contribution >= 0.6 is 0 Å². The molecule has 0 aliphatic heterocycles. The molecule has 1 aromatic carbocycles. The third-order valence-corrected chi connectivity index (χ3v) is 2.82. The molecule has 0 radical (unpaired) electrons. The van der Waals surface area contributed by atoms with Crippen molar-refractivity contribution in [3.8, 4) is 11.5 Å². The maximum Gasteiger partial charge on any atom is 0.247 e. The van der Waals surface area contributed by atoms with E-state index in [9.17, 15) is 0 Å². The van der Waals surface area contributed by atoms with Gasteiger partial charge in [0.1, 0.15) is 0 Å². The van der Waals surface area contributed by atoms with Crippen molar-refractivity contribution in [2.75, 3.05) is 6.54 Å². The molecule has 0 fully saturated rings. The summed E-state index contributed by atoms with van der Waals surface area (Å²) in [5.41, 5.74) is 2.28. The van der Waals surface area contributed by atoms with Gasteiger partial charge in [-0.25, -0.2) is 0 Å². The molecule has 0 aliphatic carbocycles. The second-order valence-corrected chi connectivity index (χ2v) is 4.56. The number of benzene rings is 1. The van der Waals surface area contributed by atoms with Crippen LogP contribution in [0.25, 0.3) is 11.5 Å². The summed E-state index contributed by atoms with van der Waals surface area (Å²) in [6.07, 6.45) is 0. The molecule has 0 spiro atoms. The van der Waals surface area contributed by atoms with Crippen LogP contribution in [0.5, 0.6) is 0 Å². The van der Waals surface area contributed by atoms with Crippen LogP contribution in [0.15, 0.2) is 28.7 Å². The van der Waals surface area contributed by atoms with Gasteiger partial charge in [-0.15, -0.1) is 10.2 Å². The van der Waals surface area contributed by atoms with E-state index >= 15 is 0 Å². The van der Waals surface area contributed by atoms with E-state index in [1.54, 1.807) is 0 Å². The first-order chi connectivity index (χ1) is 8.70. The Hall–Kier alpha value is -1.68. The fourth-order valence-corrected chi connectivity index (χ4v) is 1.68. The molecule has 0 aliphatic rings. The second kappa shape index (κ2) is 5.78. The zero-order valence-corrected chi connectivity index (χ0v) is 11.1. The summed E-state index contributed by atoms with van der Waals surface area (Å²) in [6, 6.07) is 8.27. The highest BCUT2D eigenvalue weighted by Gasteiger charge is 2.08. The summed E-state index contributed by atoms with van der Waals surface area (Å²) in [4.78, 5) is 0. The van der Waals surface area contributed by atoms with Crippen LogP contribution in [-0.4, -0.2) is 16.7 Å². The largest absolute Gasteiger partial charge is 0.419 e. The average molecular weight is 245 g/mol. The lowest BCUT2D eigenvalue weighted by Gasteiger charge is -2.04. The van der Waals surface area contributed by atoms with Crippen LogP contribution in [0.4, 0.5) is 0 Å². The number of rotatable bonds is 5. The molecule has 96 valence electrons. The minimum absolute atomic E-state index is 0.533. The van der Waals surface area contributed by atoms with Crippen molar-refractivity contribution >= 4 is 0 Å². The first-order valence-electron chi connectivity index (χ1n) is 6.34. The molecule has 0 bridgehead atoms. The highest BCUT2D eigenvalue weighted by atomic mass is 16.4. The van der Waals surface area contributed by atoms with E-state index in [2.05, 4.69) is 41.5 Å². The molecule has 0 saturated carbocycles. The van der Waals surface area contributed by atoms with Gasteiger partial charge in [-0.3, -0.25) is 0 Å². The van der Waals surface area contributed by atoms with E-state index in [4.69, 9.17) is 4.42 Å². The standard InChI is InChI=1S/C14H19N3O/c1-4-15-9-13-16-17-14(18-13)12-7-5-11(6-8-12)10(2)3/h5-8,10,15H,4,9H2,1-3H3. The van der Waals surface area contributed by atoms with E-state index in [1.165, 1.54) is 5.56 Å². The van der Waals surface area contributed by atoms with E-state index in [1.807, 2.05) is 19.1 Å². The molecular weight excluding hydrogens is 226 g/mol. The van der Waals surface area contributed by atoms with Crippen molar-refractivity contribution in [2.45, 2.75) is 33.2 Å². The van der Waals surface area contributed by atoms with Gasteiger partial charge in [-0.1, -0.05) is 32.9 Å². The SMILES string of the molecule is CCNCc1nnc(-c2ccc(C(C)C)cc2)o1. The maximum atomic E-state index is 5.59. The van der Waals surface area contributed by atoms with Gasteiger partial charge in [-0.2, -0.15) is 0 Å². The number of nitrogens with zero attached hydrogens (tertiary/aromatic N) is 2. The molecule has 1 heterocycles. The molecule has 18 heavy (non-hydrogen) atoms. The highest BCUT2D eigenvalue weighted by molar-refractivity contribution is 5.53. The van der Waals surface area contributed by atoms with Gasteiger partial charge in [0.2, 0.25) is 11.8 Å². The highest BCUT2D eigenvalue weighted by Crippen LogP contribution is 2.21. The van der Waals surface area contributed by atoms with Crippen molar-refractivity contribution in [1.82, 2.24) is 15.5 Å².